The Hall–Kier alpha value is -1.36. The Balaban J connectivity index is 2.82. The fourth-order valence-corrected chi connectivity index (χ4v) is 1.22. The average molecular weight is 174 g/mol. The van der Waals surface area contributed by atoms with E-state index >= 15 is 0 Å². The molecule has 68 valence electrons. The maximum Gasteiger partial charge on any atom is 0.143 e. The average Bonchev–Trinajstić information content (AvgIpc) is 2.18. The highest BCUT2D eigenvalue weighted by molar-refractivity contribution is 5.30. The number of hydrogen-bond donors (Lipinski definition) is 0. The summed E-state index contributed by atoms with van der Waals surface area (Å²) in [5.41, 5.74) is 1.64. The Kier molecular flexibility index (Phi) is 3.45. The van der Waals surface area contributed by atoms with Crippen molar-refractivity contribution in [3.63, 3.8) is 0 Å². The lowest BCUT2D eigenvalue weighted by molar-refractivity contribution is 0.558. The third kappa shape index (κ3) is 2.55. The van der Waals surface area contributed by atoms with Crippen molar-refractivity contribution in [1.82, 2.24) is 4.98 Å². The zero-order chi connectivity index (χ0) is 9.68. The van der Waals surface area contributed by atoms with Crippen LogP contribution in [0.5, 0.6) is 0 Å². The standard InChI is InChI=1S/C11H14N2/c1-3-9(2)7-10-5-4-6-13-11(10)8-12/h4-6,9H,3,7H2,1-2H3. The molecule has 0 saturated carbocycles. The van der Waals surface area contributed by atoms with Crippen LogP contribution in [-0.4, -0.2) is 4.98 Å². The zero-order valence-corrected chi connectivity index (χ0v) is 8.12. The Morgan fingerprint density at radius 1 is 1.62 bits per heavy atom. The monoisotopic (exact) mass is 174 g/mol. The van der Waals surface area contributed by atoms with Crippen LogP contribution in [0.4, 0.5) is 0 Å². The highest BCUT2D eigenvalue weighted by atomic mass is 14.7. The van der Waals surface area contributed by atoms with Gasteiger partial charge < -0.3 is 0 Å². The minimum Gasteiger partial charge on any atom is -0.245 e. The van der Waals surface area contributed by atoms with Gasteiger partial charge in [0.2, 0.25) is 0 Å². The molecule has 0 aromatic carbocycles. The zero-order valence-electron chi connectivity index (χ0n) is 8.12. The Bertz CT molecular complexity index is 312. The van der Waals surface area contributed by atoms with Crippen LogP contribution in [0.3, 0.4) is 0 Å². The molecule has 0 aliphatic heterocycles. The number of rotatable bonds is 3. The van der Waals surface area contributed by atoms with Gasteiger partial charge in [0.25, 0.3) is 0 Å². The molecular formula is C11H14N2. The molecular weight excluding hydrogens is 160 g/mol. The quantitative estimate of drug-likeness (QED) is 0.706. The summed E-state index contributed by atoms with van der Waals surface area (Å²) < 4.78 is 0. The van der Waals surface area contributed by atoms with Crippen LogP contribution in [0.25, 0.3) is 0 Å². The molecule has 1 heterocycles. The van der Waals surface area contributed by atoms with Gasteiger partial charge in [0.1, 0.15) is 11.8 Å². The first-order valence-corrected chi connectivity index (χ1v) is 4.62. The van der Waals surface area contributed by atoms with E-state index in [1.807, 2.05) is 12.1 Å². The van der Waals surface area contributed by atoms with Gasteiger partial charge in [-0.1, -0.05) is 26.3 Å². The molecule has 0 fully saturated rings. The van der Waals surface area contributed by atoms with E-state index in [1.165, 1.54) is 0 Å². The van der Waals surface area contributed by atoms with Crippen LogP contribution in [0, 0.1) is 17.2 Å². The van der Waals surface area contributed by atoms with E-state index in [-0.39, 0.29) is 0 Å². The van der Waals surface area contributed by atoms with Crippen LogP contribution in [0.15, 0.2) is 18.3 Å². The van der Waals surface area contributed by atoms with Gasteiger partial charge in [0.05, 0.1) is 0 Å². The molecule has 13 heavy (non-hydrogen) atoms. The lowest BCUT2D eigenvalue weighted by Crippen LogP contribution is -2.01. The van der Waals surface area contributed by atoms with Crippen LogP contribution >= 0.6 is 0 Å². The second kappa shape index (κ2) is 4.61. The molecule has 1 aromatic rings. The molecule has 0 saturated heterocycles. The lowest BCUT2D eigenvalue weighted by Gasteiger charge is -2.08. The molecule has 1 aromatic heterocycles. The van der Waals surface area contributed by atoms with Gasteiger partial charge in [0.15, 0.2) is 0 Å². The largest absolute Gasteiger partial charge is 0.245 e. The van der Waals surface area contributed by atoms with Crippen molar-refractivity contribution in [1.29, 1.82) is 5.26 Å². The van der Waals surface area contributed by atoms with Crippen LogP contribution in [0.2, 0.25) is 0 Å². The molecule has 1 unspecified atom stereocenters. The van der Waals surface area contributed by atoms with E-state index in [0.717, 1.165) is 18.4 Å². The van der Waals surface area contributed by atoms with Crippen molar-refractivity contribution in [3.05, 3.63) is 29.6 Å². The van der Waals surface area contributed by atoms with Gasteiger partial charge in [-0.25, -0.2) is 4.98 Å². The minimum atomic E-state index is 0.572. The number of pyridine rings is 1. The molecule has 1 atom stereocenters. The topological polar surface area (TPSA) is 36.7 Å². The molecule has 0 N–H and O–H groups in total. The number of nitriles is 1. The van der Waals surface area contributed by atoms with E-state index in [9.17, 15) is 0 Å². The smallest absolute Gasteiger partial charge is 0.143 e. The van der Waals surface area contributed by atoms with Crippen LogP contribution in [-0.2, 0) is 6.42 Å². The molecule has 0 aliphatic carbocycles. The second-order valence-electron chi connectivity index (χ2n) is 3.34. The fourth-order valence-electron chi connectivity index (χ4n) is 1.22. The summed E-state index contributed by atoms with van der Waals surface area (Å²) in [5, 5.41) is 8.79. The van der Waals surface area contributed by atoms with Gasteiger partial charge in [0, 0.05) is 6.20 Å². The van der Waals surface area contributed by atoms with Crippen molar-refractivity contribution >= 4 is 0 Å². The van der Waals surface area contributed by atoms with Gasteiger partial charge in [-0.05, 0) is 24.0 Å². The normalized spacial score (nSPS) is 12.1. The summed E-state index contributed by atoms with van der Waals surface area (Å²) in [7, 11) is 0. The van der Waals surface area contributed by atoms with E-state index in [1.54, 1.807) is 6.20 Å². The second-order valence-corrected chi connectivity index (χ2v) is 3.34. The molecule has 0 amide bonds. The van der Waals surface area contributed by atoms with Crippen molar-refractivity contribution in [2.24, 2.45) is 5.92 Å². The highest BCUT2D eigenvalue weighted by Gasteiger charge is 2.05. The molecule has 0 spiro atoms. The Morgan fingerprint density at radius 2 is 2.38 bits per heavy atom. The van der Waals surface area contributed by atoms with Gasteiger partial charge in [-0.15, -0.1) is 0 Å². The van der Waals surface area contributed by atoms with Crippen molar-refractivity contribution in [3.8, 4) is 6.07 Å². The van der Waals surface area contributed by atoms with E-state index in [2.05, 4.69) is 24.9 Å². The van der Waals surface area contributed by atoms with Crippen molar-refractivity contribution < 1.29 is 0 Å². The van der Waals surface area contributed by atoms with Crippen molar-refractivity contribution in [2.45, 2.75) is 26.7 Å². The summed E-state index contributed by atoms with van der Waals surface area (Å²) in [6.45, 7) is 4.35. The van der Waals surface area contributed by atoms with Crippen LogP contribution < -0.4 is 0 Å². The molecule has 2 heteroatoms. The van der Waals surface area contributed by atoms with Gasteiger partial charge in [-0.2, -0.15) is 5.26 Å². The van der Waals surface area contributed by atoms with E-state index in [4.69, 9.17) is 5.26 Å². The Labute approximate surface area is 79.2 Å². The minimum absolute atomic E-state index is 0.572. The first-order valence-electron chi connectivity index (χ1n) is 4.62. The predicted octanol–water partition coefficient (Wildman–Crippen LogP) is 2.54. The predicted molar refractivity (Wildman–Crippen MR) is 52.1 cm³/mol. The molecule has 0 aliphatic rings. The lowest BCUT2D eigenvalue weighted by atomic mass is 9.98. The molecule has 2 nitrogen and oxygen atoms in total. The first-order chi connectivity index (χ1) is 6.27. The number of hydrogen-bond acceptors (Lipinski definition) is 2. The molecule has 0 bridgehead atoms. The molecule has 1 rings (SSSR count). The Morgan fingerprint density at radius 3 is 3.00 bits per heavy atom. The SMILES string of the molecule is CCC(C)Cc1cccnc1C#N. The fraction of sp³-hybridized carbons (Fsp3) is 0.455. The van der Waals surface area contributed by atoms with Gasteiger partial charge >= 0.3 is 0 Å². The van der Waals surface area contributed by atoms with Crippen molar-refractivity contribution in [2.75, 3.05) is 0 Å². The summed E-state index contributed by atoms with van der Waals surface area (Å²) >= 11 is 0. The summed E-state index contributed by atoms with van der Waals surface area (Å²) in [4.78, 5) is 4.02. The van der Waals surface area contributed by atoms with E-state index in [0.29, 0.717) is 11.6 Å². The maximum atomic E-state index is 8.79. The number of aromatic nitrogens is 1. The maximum absolute atomic E-state index is 8.79. The third-order valence-corrected chi connectivity index (χ3v) is 2.26. The highest BCUT2D eigenvalue weighted by Crippen LogP contribution is 2.13. The van der Waals surface area contributed by atoms with E-state index < -0.39 is 0 Å². The summed E-state index contributed by atoms with van der Waals surface area (Å²) in [6, 6.07) is 5.99. The summed E-state index contributed by atoms with van der Waals surface area (Å²) in [5.74, 6) is 0.622. The summed E-state index contributed by atoms with van der Waals surface area (Å²) in [6.07, 6.45) is 3.76. The molecule has 0 radical (unpaired) electrons. The first kappa shape index (κ1) is 9.73. The third-order valence-electron chi connectivity index (χ3n) is 2.26. The van der Waals surface area contributed by atoms with Gasteiger partial charge in [-0.3, -0.25) is 0 Å². The number of nitrogens with zero attached hydrogens (tertiary/aromatic N) is 2. The van der Waals surface area contributed by atoms with Crippen LogP contribution in [0.1, 0.15) is 31.5 Å².